The zero-order chi connectivity index (χ0) is 23.8. The molecule has 0 bridgehead atoms. The number of phenolic OH excluding ortho intramolecular Hbond substituents is 1. The first-order valence-electron chi connectivity index (χ1n) is 11.8. The lowest BCUT2D eigenvalue weighted by Crippen LogP contribution is -2.48. The van der Waals surface area contributed by atoms with Crippen molar-refractivity contribution in [1.82, 2.24) is 10.6 Å². The average Bonchev–Trinajstić information content (AvgIpc) is 2.81. The summed E-state index contributed by atoms with van der Waals surface area (Å²) in [5, 5.41) is 17.1. The number of phenols is 1. The fourth-order valence-electron chi connectivity index (χ4n) is 4.31. The highest BCUT2D eigenvalue weighted by atomic mass is 35.5. The van der Waals surface area contributed by atoms with Gasteiger partial charge in [-0.05, 0) is 54.7 Å². The summed E-state index contributed by atoms with van der Waals surface area (Å²) in [5.41, 5.74) is 1.48. The van der Waals surface area contributed by atoms with Crippen molar-refractivity contribution in [2.24, 2.45) is 5.92 Å². The molecule has 2 amide bonds. The lowest BCUT2D eigenvalue weighted by atomic mass is 9.84. The zero-order valence-corrected chi connectivity index (χ0v) is 20.5. The molecule has 1 aliphatic carbocycles. The molecule has 7 heteroatoms. The molecule has 3 N–H and O–H groups in total. The molecular weight excluding hydrogens is 459 g/mol. The van der Waals surface area contributed by atoms with E-state index in [-0.39, 0.29) is 17.6 Å². The fraction of sp³-hybridized carbons (Fsp3) is 0.462. The van der Waals surface area contributed by atoms with Crippen LogP contribution in [0.25, 0.3) is 11.1 Å². The van der Waals surface area contributed by atoms with Gasteiger partial charge in [0.1, 0.15) is 11.8 Å². The Hall–Kier alpha value is -2.24. The van der Waals surface area contributed by atoms with Crippen LogP contribution in [0.4, 0.5) is 0 Å². The fourth-order valence-corrected chi connectivity index (χ4v) is 4.61. The third kappa shape index (κ3) is 7.12. The van der Waals surface area contributed by atoms with Gasteiger partial charge in [-0.25, -0.2) is 0 Å². The molecule has 0 radical (unpaired) electrons. The van der Waals surface area contributed by atoms with Crippen LogP contribution in [0.5, 0.6) is 5.75 Å². The van der Waals surface area contributed by atoms with Crippen LogP contribution in [0.15, 0.2) is 36.4 Å². The number of unbranched alkanes of at least 4 members (excludes halogenated alkanes) is 1. The number of amides is 2. The highest BCUT2D eigenvalue weighted by Gasteiger charge is 2.26. The normalized spacial score (nSPS) is 15.1. The monoisotopic (exact) mass is 490 g/mol. The maximum absolute atomic E-state index is 13.1. The van der Waals surface area contributed by atoms with Gasteiger partial charge in [-0.2, -0.15) is 0 Å². The maximum atomic E-state index is 13.1. The number of halogens is 2. The van der Waals surface area contributed by atoms with Crippen molar-refractivity contribution in [3.63, 3.8) is 0 Å². The van der Waals surface area contributed by atoms with Crippen LogP contribution >= 0.6 is 23.2 Å². The number of hydrogen-bond donors (Lipinski definition) is 3. The molecule has 0 aromatic heterocycles. The molecule has 0 aliphatic heterocycles. The molecule has 2 aromatic carbocycles. The Kier molecular flexibility index (Phi) is 9.45. The highest BCUT2D eigenvalue weighted by molar-refractivity contribution is 6.42. The number of rotatable bonds is 9. The Balaban J connectivity index is 1.78. The van der Waals surface area contributed by atoms with Crippen LogP contribution in [-0.2, 0) is 4.79 Å². The van der Waals surface area contributed by atoms with E-state index in [1.54, 1.807) is 30.3 Å². The molecule has 178 valence electrons. The van der Waals surface area contributed by atoms with Crippen molar-refractivity contribution in [2.45, 2.75) is 64.3 Å². The number of nitrogens with one attached hydrogen (secondary N) is 2. The minimum Gasteiger partial charge on any atom is -0.507 e. The Bertz CT molecular complexity index is 974. The van der Waals surface area contributed by atoms with Gasteiger partial charge in [-0.15, -0.1) is 0 Å². The van der Waals surface area contributed by atoms with Crippen molar-refractivity contribution < 1.29 is 14.7 Å². The van der Waals surface area contributed by atoms with E-state index in [9.17, 15) is 14.7 Å². The quantitative estimate of drug-likeness (QED) is 0.358. The van der Waals surface area contributed by atoms with Gasteiger partial charge in [0.2, 0.25) is 5.91 Å². The third-order valence-electron chi connectivity index (χ3n) is 6.23. The first-order valence-corrected chi connectivity index (χ1v) is 12.5. The molecule has 0 unspecified atom stereocenters. The van der Waals surface area contributed by atoms with E-state index in [1.165, 1.54) is 25.3 Å². The third-order valence-corrected chi connectivity index (χ3v) is 6.97. The summed E-state index contributed by atoms with van der Waals surface area (Å²) in [6, 6.07) is 9.08. The molecule has 0 saturated heterocycles. The van der Waals surface area contributed by atoms with Gasteiger partial charge < -0.3 is 15.7 Å². The van der Waals surface area contributed by atoms with E-state index in [2.05, 4.69) is 17.6 Å². The summed E-state index contributed by atoms with van der Waals surface area (Å²) >= 11 is 12.1. The zero-order valence-electron chi connectivity index (χ0n) is 19.0. The van der Waals surface area contributed by atoms with Gasteiger partial charge in [0.15, 0.2) is 0 Å². The molecular formula is C26H32Cl2N2O3. The summed E-state index contributed by atoms with van der Waals surface area (Å²) in [7, 11) is 0. The molecule has 0 heterocycles. The number of aromatic hydroxyl groups is 1. The number of carbonyl (C=O) groups excluding carboxylic acids is 2. The first-order chi connectivity index (χ1) is 15.9. The second-order valence-corrected chi connectivity index (χ2v) is 9.59. The lowest BCUT2D eigenvalue weighted by molar-refractivity contribution is -0.123. The maximum Gasteiger partial charge on any atom is 0.251 e. The SMILES string of the molecule is CCCCNC(=O)[C@H](CC1CCCCC1)NC(=O)c1ccc(O)c(-c2ccc(Cl)c(Cl)c2)c1. The highest BCUT2D eigenvalue weighted by Crippen LogP contribution is 2.34. The molecule has 1 fully saturated rings. The number of hydrogen-bond acceptors (Lipinski definition) is 3. The molecule has 3 rings (SSSR count). The first kappa shape index (κ1) is 25.4. The molecule has 1 aliphatic rings. The van der Waals surface area contributed by atoms with Crippen LogP contribution in [0.1, 0.15) is 68.6 Å². The van der Waals surface area contributed by atoms with Crippen molar-refractivity contribution in [2.75, 3.05) is 6.54 Å². The molecule has 1 atom stereocenters. The minimum atomic E-state index is -0.584. The number of benzene rings is 2. The van der Waals surface area contributed by atoms with Crippen LogP contribution in [-0.4, -0.2) is 29.5 Å². The summed E-state index contributed by atoms with van der Waals surface area (Å²) in [6.07, 6.45) is 8.31. The lowest BCUT2D eigenvalue weighted by Gasteiger charge is -2.26. The summed E-state index contributed by atoms with van der Waals surface area (Å²) in [4.78, 5) is 26.0. The molecule has 5 nitrogen and oxygen atoms in total. The number of carbonyl (C=O) groups is 2. The molecule has 0 spiro atoms. The summed E-state index contributed by atoms with van der Waals surface area (Å²) in [6.45, 7) is 2.68. The second-order valence-electron chi connectivity index (χ2n) is 8.77. The molecule has 33 heavy (non-hydrogen) atoms. The Morgan fingerprint density at radius 2 is 1.82 bits per heavy atom. The predicted molar refractivity (Wildman–Crippen MR) is 134 cm³/mol. The van der Waals surface area contributed by atoms with E-state index >= 15 is 0 Å². The van der Waals surface area contributed by atoms with Gasteiger partial charge >= 0.3 is 0 Å². The largest absolute Gasteiger partial charge is 0.507 e. The standard InChI is InChI=1S/C26H32Cl2N2O3/c1-2-3-13-29-26(33)23(14-17-7-5-4-6-8-17)30-25(32)19-10-12-24(31)20(15-19)18-9-11-21(27)22(28)16-18/h9-12,15-17,23,31H,2-8,13-14H2,1H3,(H,29,33)(H,30,32)/t23-/m0/s1. The van der Waals surface area contributed by atoms with Gasteiger partial charge in [0.25, 0.3) is 5.91 Å². The van der Waals surface area contributed by atoms with Crippen molar-refractivity contribution in [3.05, 3.63) is 52.0 Å². The Morgan fingerprint density at radius 1 is 1.06 bits per heavy atom. The van der Waals surface area contributed by atoms with E-state index in [0.29, 0.717) is 45.6 Å². The Labute approximate surface area is 205 Å². The van der Waals surface area contributed by atoms with E-state index < -0.39 is 6.04 Å². The average molecular weight is 491 g/mol. The topological polar surface area (TPSA) is 78.4 Å². The van der Waals surface area contributed by atoms with Gasteiger partial charge in [0.05, 0.1) is 10.0 Å². The van der Waals surface area contributed by atoms with Crippen molar-refractivity contribution in [3.8, 4) is 16.9 Å². The minimum absolute atomic E-state index is 0.0287. The van der Waals surface area contributed by atoms with E-state index in [0.717, 1.165) is 25.7 Å². The second kappa shape index (κ2) is 12.3. The molecule has 2 aromatic rings. The van der Waals surface area contributed by atoms with Crippen LogP contribution in [0.2, 0.25) is 10.0 Å². The smallest absolute Gasteiger partial charge is 0.251 e. The predicted octanol–water partition coefficient (Wildman–Crippen LogP) is 6.35. The van der Waals surface area contributed by atoms with Crippen molar-refractivity contribution >= 4 is 35.0 Å². The van der Waals surface area contributed by atoms with Crippen molar-refractivity contribution in [1.29, 1.82) is 0 Å². The van der Waals surface area contributed by atoms with Gasteiger partial charge in [-0.1, -0.05) is 74.7 Å². The van der Waals surface area contributed by atoms with E-state index in [4.69, 9.17) is 23.2 Å². The van der Waals surface area contributed by atoms with E-state index in [1.807, 2.05) is 0 Å². The van der Waals surface area contributed by atoms with Gasteiger partial charge in [0, 0.05) is 17.7 Å². The van der Waals surface area contributed by atoms with Gasteiger partial charge in [-0.3, -0.25) is 9.59 Å². The summed E-state index contributed by atoms with van der Waals surface area (Å²) in [5.74, 6) is -0.0119. The van der Waals surface area contributed by atoms with Crippen LogP contribution in [0.3, 0.4) is 0 Å². The Morgan fingerprint density at radius 3 is 2.52 bits per heavy atom. The molecule has 1 saturated carbocycles. The summed E-state index contributed by atoms with van der Waals surface area (Å²) < 4.78 is 0. The van der Waals surface area contributed by atoms with Crippen LogP contribution in [0, 0.1) is 5.92 Å². The van der Waals surface area contributed by atoms with Crippen LogP contribution < -0.4 is 10.6 Å².